The van der Waals surface area contributed by atoms with Crippen molar-refractivity contribution in [2.24, 2.45) is 5.18 Å². The summed E-state index contributed by atoms with van der Waals surface area (Å²) in [6, 6.07) is 13.9. The van der Waals surface area contributed by atoms with Gasteiger partial charge in [-0.2, -0.15) is 0 Å². The molecule has 3 heteroatoms. The average Bonchev–Trinajstić information content (AvgIpc) is 2.31. The van der Waals surface area contributed by atoms with E-state index in [0.717, 1.165) is 5.56 Å². The minimum Gasteiger partial charge on any atom is -0.507 e. The third-order valence-corrected chi connectivity index (χ3v) is 2.17. The molecule has 2 aromatic carbocycles. The first kappa shape index (κ1) is 9.40. The fourth-order valence-electron chi connectivity index (χ4n) is 1.43. The summed E-state index contributed by atoms with van der Waals surface area (Å²) in [7, 11) is 0. The number of nitroso groups, excluding NO2 is 1. The summed E-state index contributed by atoms with van der Waals surface area (Å²) in [5, 5.41) is 12.5. The molecule has 0 radical (unpaired) electrons. The van der Waals surface area contributed by atoms with Gasteiger partial charge < -0.3 is 5.11 Å². The van der Waals surface area contributed by atoms with E-state index in [-0.39, 0.29) is 5.75 Å². The Morgan fingerprint density at radius 3 is 2.40 bits per heavy atom. The van der Waals surface area contributed by atoms with Crippen LogP contribution < -0.4 is 0 Å². The summed E-state index contributed by atoms with van der Waals surface area (Å²) in [5.41, 5.74) is 1.79. The topological polar surface area (TPSA) is 49.7 Å². The predicted molar refractivity (Wildman–Crippen MR) is 59.0 cm³/mol. The van der Waals surface area contributed by atoms with Crippen molar-refractivity contribution in [3.63, 3.8) is 0 Å². The SMILES string of the molecule is O=Nc1ccc(O)c(-c2ccccc2)c1. The van der Waals surface area contributed by atoms with Gasteiger partial charge in [0.1, 0.15) is 11.4 Å². The van der Waals surface area contributed by atoms with Gasteiger partial charge in [0.05, 0.1) is 0 Å². The molecule has 74 valence electrons. The molecule has 2 rings (SSSR count). The van der Waals surface area contributed by atoms with Crippen LogP contribution >= 0.6 is 0 Å². The van der Waals surface area contributed by atoms with Crippen molar-refractivity contribution < 1.29 is 5.11 Å². The number of benzene rings is 2. The van der Waals surface area contributed by atoms with E-state index in [0.29, 0.717) is 11.3 Å². The number of aromatic hydroxyl groups is 1. The Morgan fingerprint density at radius 2 is 1.73 bits per heavy atom. The van der Waals surface area contributed by atoms with Crippen molar-refractivity contribution in [2.75, 3.05) is 0 Å². The summed E-state index contributed by atoms with van der Waals surface area (Å²) in [4.78, 5) is 10.4. The third-order valence-electron chi connectivity index (χ3n) is 2.17. The van der Waals surface area contributed by atoms with Crippen LogP contribution in [0.4, 0.5) is 5.69 Å². The quantitative estimate of drug-likeness (QED) is 0.753. The Kier molecular flexibility index (Phi) is 2.46. The molecule has 3 nitrogen and oxygen atoms in total. The highest BCUT2D eigenvalue weighted by atomic mass is 16.3. The Labute approximate surface area is 87.0 Å². The molecule has 0 atom stereocenters. The van der Waals surface area contributed by atoms with Gasteiger partial charge in [0.2, 0.25) is 0 Å². The number of nitrogens with zero attached hydrogens (tertiary/aromatic N) is 1. The third kappa shape index (κ3) is 1.86. The van der Waals surface area contributed by atoms with E-state index in [2.05, 4.69) is 5.18 Å². The molecule has 0 fully saturated rings. The number of hydrogen-bond acceptors (Lipinski definition) is 3. The monoisotopic (exact) mass is 199 g/mol. The van der Waals surface area contributed by atoms with Crippen LogP contribution in [0, 0.1) is 4.91 Å². The van der Waals surface area contributed by atoms with Gasteiger partial charge in [-0.05, 0) is 28.9 Å². The first-order valence-electron chi connectivity index (χ1n) is 4.53. The van der Waals surface area contributed by atoms with Crippen molar-refractivity contribution in [3.05, 3.63) is 53.4 Å². The largest absolute Gasteiger partial charge is 0.507 e. The van der Waals surface area contributed by atoms with Gasteiger partial charge in [-0.15, -0.1) is 4.91 Å². The molecule has 0 heterocycles. The van der Waals surface area contributed by atoms with Crippen LogP contribution in [0.2, 0.25) is 0 Å². The molecule has 0 bridgehead atoms. The van der Waals surface area contributed by atoms with Crippen molar-refractivity contribution in [1.82, 2.24) is 0 Å². The van der Waals surface area contributed by atoms with Crippen molar-refractivity contribution in [1.29, 1.82) is 0 Å². The molecular weight excluding hydrogens is 190 g/mol. The normalized spacial score (nSPS) is 9.87. The molecule has 0 saturated carbocycles. The lowest BCUT2D eigenvalue weighted by molar-refractivity contribution is 0.477. The van der Waals surface area contributed by atoms with Crippen molar-refractivity contribution >= 4 is 5.69 Å². The van der Waals surface area contributed by atoms with E-state index in [1.807, 2.05) is 30.3 Å². The van der Waals surface area contributed by atoms with Gasteiger partial charge in [0.15, 0.2) is 0 Å². The molecule has 0 aliphatic carbocycles. The van der Waals surface area contributed by atoms with E-state index in [9.17, 15) is 10.0 Å². The second kappa shape index (κ2) is 3.92. The molecular formula is C12H9NO2. The highest BCUT2D eigenvalue weighted by Gasteiger charge is 2.04. The Bertz CT molecular complexity index is 480. The summed E-state index contributed by atoms with van der Waals surface area (Å²) in [5.74, 6) is 0.147. The van der Waals surface area contributed by atoms with Crippen LogP contribution in [0.5, 0.6) is 5.75 Å². The van der Waals surface area contributed by atoms with Crippen LogP contribution in [-0.4, -0.2) is 5.11 Å². The lowest BCUT2D eigenvalue weighted by Gasteiger charge is -2.04. The van der Waals surface area contributed by atoms with Crippen LogP contribution in [0.15, 0.2) is 53.7 Å². The van der Waals surface area contributed by atoms with Crippen LogP contribution in [0.25, 0.3) is 11.1 Å². The van der Waals surface area contributed by atoms with Crippen LogP contribution in [0.1, 0.15) is 0 Å². The van der Waals surface area contributed by atoms with Gasteiger partial charge in [-0.3, -0.25) is 0 Å². The van der Waals surface area contributed by atoms with Gasteiger partial charge in [0.25, 0.3) is 0 Å². The predicted octanol–water partition coefficient (Wildman–Crippen LogP) is 3.46. The van der Waals surface area contributed by atoms with E-state index < -0.39 is 0 Å². The fourth-order valence-corrected chi connectivity index (χ4v) is 1.43. The zero-order valence-electron chi connectivity index (χ0n) is 7.92. The van der Waals surface area contributed by atoms with E-state index in [4.69, 9.17) is 0 Å². The number of phenols is 1. The molecule has 0 spiro atoms. The van der Waals surface area contributed by atoms with Crippen molar-refractivity contribution in [2.45, 2.75) is 0 Å². The lowest BCUT2D eigenvalue weighted by Crippen LogP contribution is -1.78. The number of phenolic OH excluding ortho intramolecular Hbond substituents is 1. The molecule has 0 aromatic heterocycles. The van der Waals surface area contributed by atoms with Gasteiger partial charge in [-0.25, -0.2) is 0 Å². The first-order valence-corrected chi connectivity index (χ1v) is 4.53. The molecule has 0 unspecified atom stereocenters. The van der Waals surface area contributed by atoms with E-state index in [1.165, 1.54) is 12.1 Å². The Balaban J connectivity index is 2.57. The Morgan fingerprint density at radius 1 is 1.00 bits per heavy atom. The summed E-state index contributed by atoms with van der Waals surface area (Å²) in [6.07, 6.45) is 0. The molecule has 0 amide bonds. The molecule has 0 aliphatic rings. The average molecular weight is 199 g/mol. The maximum absolute atomic E-state index is 10.4. The van der Waals surface area contributed by atoms with Crippen LogP contribution in [0.3, 0.4) is 0 Å². The summed E-state index contributed by atoms with van der Waals surface area (Å²) in [6.45, 7) is 0. The second-order valence-electron chi connectivity index (χ2n) is 3.16. The molecule has 2 aromatic rings. The maximum atomic E-state index is 10.4. The highest BCUT2D eigenvalue weighted by Crippen LogP contribution is 2.32. The molecule has 1 N–H and O–H groups in total. The zero-order valence-corrected chi connectivity index (χ0v) is 7.92. The highest BCUT2D eigenvalue weighted by molar-refractivity contribution is 5.73. The maximum Gasteiger partial charge on any atom is 0.123 e. The standard InChI is InChI=1S/C12H9NO2/c14-12-7-6-10(13-15)8-11(12)9-4-2-1-3-5-9/h1-8,14H. The van der Waals surface area contributed by atoms with Crippen molar-refractivity contribution in [3.8, 4) is 16.9 Å². The van der Waals surface area contributed by atoms with E-state index >= 15 is 0 Å². The van der Waals surface area contributed by atoms with Gasteiger partial charge in [-0.1, -0.05) is 30.3 Å². The molecule has 0 aliphatic heterocycles. The fraction of sp³-hybridized carbons (Fsp3) is 0. The van der Waals surface area contributed by atoms with Crippen LogP contribution in [-0.2, 0) is 0 Å². The second-order valence-corrected chi connectivity index (χ2v) is 3.16. The summed E-state index contributed by atoms with van der Waals surface area (Å²) < 4.78 is 0. The number of rotatable bonds is 2. The molecule has 15 heavy (non-hydrogen) atoms. The zero-order chi connectivity index (χ0) is 10.7. The Hall–Kier alpha value is -2.16. The first-order chi connectivity index (χ1) is 7.31. The van der Waals surface area contributed by atoms with Gasteiger partial charge in [0, 0.05) is 5.56 Å². The smallest absolute Gasteiger partial charge is 0.123 e. The molecule has 0 saturated heterocycles. The minimum atomic E-state index is 0.147. The minimum absolute atomic E-state index is 0.147. The number of hydrogen-bond donors (Lipinski definition) is 1. The van der Waals surface area contributed by atoms with E-state index in [1.54, 1.807) is 6.07 Å². The summed E-state index contributed by atoms with van der Waals surface area (Å²) >= 11 is 0. The van der Waals surface area contributed by atoms with Gasteiger partial charge >= 0.3 is 0 Å². The lowest BCUT2D eigenvalue weighted by atomic mass is 10.0.